The molecule has 0 heterocycles. The summed E-state index contributed by atoms with van der Waals surface area (Å²) in [5.74, 6) is 0.941. The number of hydrogen-bond donors (Lipinski definition) is 1. The van der Waals surface area contributed by atoms with Crippen LogP contribution < -0.4 is 5.73 Å². The van der Waals surface area contributed by atoms with Gasteiger partial charge in [-0.25, -0.2) is 0 Å². The molecule has 0 unspecified atom stereocenters. The van der Waals surface area contributed by atoms with E-state index >= 15 is 0 Å². The molecule has 3 heteroatoms. The van der Waals surface area contributed by atoms with Crippen molar-refractivity contribution in [2.45, 2.75) is 26.3 Å². The molecule has 0 aliphatic heterocycles. The topological polar surface area (TPSA) is 29.3 Å². The highest BCUT2D eigenvalue weighted by Gasteiger charge is 2.22. The first kappa shape index (κ1) is 12.5. The molecule has 0 radical (unpaired) electrons. The van der Waals surface area contributed by atoms with Gasteiger partial charge in [-0.15, -0.1) is 0 Å². The summed E-state index contributed by atoms with van der Waals surface area (Å²) in [6.45, 7) is 4.36. The Morgan fingerprint density at radius 3 is 2.71 bits per heavy atom. The maximum absolute atomic E-state index is 5.63. The van der Waals surface area contributed by atoms with E-state index in [0.29, 0.717) is 4.99 Å². The zero-order valence-electron chi connectivity index (χ0n) is 10.6. The number of rotatable bonds is 5. The SMILES string of the molecule is Cc1cc(C(N)=S)ccc1CN(C)CC1CC1. The molecular weight excluding hydrogens is 228 g/mol. The van der Waals surface area contributed by atoms with Crippen LogP contribution in [0.4, 0.5) is 0 Å². The molecule has 1 aromatic rings. The van der Waals surface area contributed by atoms with E-state index in [2.05, 4.69) is 31.0 Å². The fraction of sp³-hybridized carbons (Fsp3) is 0.500. The summed E-state index contributed by atoms with van der Waals surface area (Å²) in [4.78, 5) is 2.88. The van der Waals surface area contributed by atoms with E-state index in [1.165, 1.54) is 30.5 Å². The Hall–Kier alpha value is -0.930. The first-order valence-corrected chi connectivity index (χ1v) is 6.55. The molecule has 2 N–H and O–H groups in total. The molecule has 2 nitrogen and oxygen atoms in total. The van der Waals surface area contributed by atoms with Crippen molar-refractivity contribution in [3.05, 3.63) is 34.9 Å². The van der Waals surface area contributed by atoms with Gasteiger partial charge in [0.05, 0.1) is 0 Å². The van der Waals surface area contributed by atoms with Gasteiger partial charge in [0, 0.05) is 18.7 Å². The molecule has 1 saturated carbocycles. The molecule has 92 valence electrons. The zero-order valence-corrected chi connectivity index (χ0v) is 11.4. The van der Waals surface area contributed by atoms with Gasteiger partial charge in [-0.3, -0.25) is 0 Å². The van der Waals surface area contributed by atoms with Crippen molar-refractivity contribution in [2.75, 3.05) is 13.6 Å². The van der Waals surface area contributed by atoms with Crippen LogP contribution in [0.25, 0.3) is 0 Å². The number of nitrogens with zero attached hydrogens (tertiary/aromatic N) is 1. The van der Waals surface area contributed by atoms with Crippen molar-refractivity contribution in [1.82, 2.24) is 4.90 Å². The lowest BCUT2D eigenvalue weighted by atomic mass is 10.0. The van der Waals surface area contributed by atoms with Crippen LogP contribution >= 0.6 is 12.2 Å². The fourth-order valence-electron chi connectivity index (χ4n) is 2.12. The number of nitrogens with two attached hydrogens (primary N) is 1. The maximum Gasteiger partial charge on any atom is 0.103 e. The second-order valence-corrected chi connectivity index (χ2v) is 5.59. The summed E-state index contributed by atoms with van der Waals surface area (Å²) in [5, 5.41) is 0. The Balaban J connectivity index is 2.02. The van der Waals surface area contributed by atoms with E-state index in [1.807, 2.05) is 6.07 Å². The smallest absolute Gasteiger partial charge is 0.103 e. The maximum atomic E-state index is 5.63. The fourth-order valence-corrected chi connectivity index (χ4v) is 2.25. The van der Waals surface area contributed by atoms with Gasteiger partial charge in [0.1, 0.15) is 4.99 Å². The summed E-state index contributed by atoms with van der Waals surface area (Å²) in [5.41, 5.74) is 9.24. The molecule has 1 aliphatic rings. The first-order chi connectivity index (χ1) is 8.06. The average Bonchev–Trinajstić information content (AvgIpc) is 3.04. The van der Waals surface area contributed by atoms with Gasteiger partial charge in [-0.1, -0.05) is 24.4 Å². The molecule has 2 rings (SSSR count). The van der Waals surface area contributed by atoms with Crippen molar-refractivity contribution in [3.8, 4) is 0 Å². The van der Waals surface area contributed by atoms with E-state index in [1.54, 1.807) is 0 Å². The molecule has 0 saturated heterocycles. The Labute approximate surface area is 109 Å². The van der Waals surface area contributed by atoms with Crippen LogP contribution in [0.1, 0.15) is 29.5 Å². The Bertz CT molecular complexity index is 424. The zero-order chi connectivity index (χ0) is 12.4. The average molecular weight is 248 g/mol. The lowest BCUT2D eigenvalue weighted by Crippen LogP contribution is -2.21. The van der Waals surface area contributed by atoms with Gasteiger partial charge in [-0.2, -0.15) is 0 Å². The van der Waals surface area contributed by atoms with Gasteiger partial charge in [-0.05, 0) is 49.9 Å². The highest BCUT2D eigenvalue weighted by Crippen LogP contribution is 2.29. The molecule has 0 aromatic heterocycles. The van der Waals surface area contributed by atoms with Crippen molar-refractivity contribution >= 4 is 17.2 Å². The molecule has 1 fully saturated rings. The second kappa shape index (κ2) is 5.15. The molecule has 1 aromatic carbocycles. The summed E-state index contributed by atoms with van der Waals surface area (Å²) >= 11 is 4.99. The molecule has 17 heavy (non-hydrogen) atoms. The van der Waals surface area contributed by atoms with Gasteiger partial charge in [0.25, 0.3) is 0 Å². The van der Waals surface area contributed by atoms with Crippen LogP contribution in [0.5, 0.6) is 0 Å². The molecule has 0 amide bonds. The lowest BCUT2D eigenvalue weighted by Gasteiger charge is -2.18. The van der Waals surface area contributed by atoms with Crippen molar-refractivity contribution in [2.24, 2.45) is 11.7 Å². The third kappa shape index (κ3) is 3.51. The highest BCUT2D eigenvalue weighted by molar-refractivity contribution is 7.80. The van der Waals surface area contributed by atoms with Crippen molar-refractivity contribution in [1.29, 1.82) is 0 Å². The van der Waals surface area contributed by atoms with E-state index < -0.39 is 0 Å². The van der Waals surface area contributed by atoms with Crippen LogP contribution in [0, 0.1) is 12.8 Å². The predicted octanol–water partition coefficient (Wildman–Crippen LogP) is 2.47. The summed E-state index contributed by atoms with van der Waals surface area (Å²) in [6.07, 6.45) is 2.81. The van der Waals surface area contributed by atoms with Gasteiger partial charge in [0.15, 0.2) is 0 Å². The minimum Gasteiger partial charge on any atom is -0.389 e. The Morgan fingerprint density at radius 1 is 1.47 bits per heavy atom. The largest absolute Gasteiger partial charge is 0.389 e. The van der Waals surface area contributed by atoms with E-state index in [-0.39, 0.29) is 0 Å². The predicted molar refractivity (Wildman–Crippen MR) is 76.1 cm³/mol. The van der Waals surface area contributed by atoms with Gasteiger partial charge in [0.2, 0.25) is 0 Å². The van der Waals surface area contributed by atoms with Crippen LogP contribution in [0.3, 0.4) is 0 Å². The number of thiocarbonyl (C=S) groups is 1. The number of benzene rings is 1. The van der Waals surface area contributed by atoms with Crippen molar-refractivity contribution < 1.29 is 0 Å². The molecule has 1 aliphatic carbocycles. The quantitative estimate of drug-likeness (QED) is 0.812. The van der Waals surface area contributed by atoms with Crippen LogP contribution in [-0.2, 0) is 6.54 Å². The number of aryl methyl sites for hydroxylation is 1. The van der Waals surface area contributed by atoms with Crippen LogP contribution in [0.15, 0.2) is 18.2 Å². The minimum atomic E-state index is 0.478. The van der Waals surface area contributed by atoms with E-state index in [9.17, 15) is 0 Å². The second-order valence-electron chi connectivity index (χ2n) is 5.15. The Morgan fingerprint density at radius 2 is 2.18 bits per heavy atom. The van der Waals surface area contributed by atoms with Gasteiger partial charge < -0.3 is 10.6 Å². The van der Waals surface area contributed by atoms with Crippen LogP contribution in [0.2, 0.25) is 0 Å². The standard InChI is InChI=1S/C14H20N2S/c1-10-7-12(14(15)17)5-6-13(10)9-16(2)8-11-3-4-11/h5-7,11H,3-4,8-9H2,1-2H3,(H2,15,17). The van der Waals surface area contributed by atoms with Crippen molar-refractivity contribution in [3.63, 3.8) is 0 Å². The van der Waals surface area contributed by atoms with Gasteiger partial charge >= 0.3 is 0 Å². The lowest BCUT2D eigenvalue weighted by molar-refractivity contribution is 0.312. The van der Waals surface area contributed by atoms with Crippen LogP contribution in [-0.4, -0.2) is 23.5 Å². The summed E-state index contributed by atoms with van der Waals surface area (Å²) < 4.78 is 0. The molecule has 0 spiro atoms. The monoisotopic (exact) mass is 248 g/mol. The Kier molecular flexibility index (Phi) is 3.79. The first-order valence-electron chi connectivity index (χ1n) is 6.14. The molecule has 0 atom stereocenters. The minimum absolute atomic E-state index is 0.478. The summed E-state index contributed by atoms with van der Waals surface area (Å²) in [6, 6.07) is 6.26. The molecular formula is C14H20N2S. The normalized spacial score (nSPS) is 15.2. The summed E-state index contributed by atoms with van der Waals surface area (Å²) in [7, 11) is 2.19. The van der Waals surface area contributed by atoms with E-state index in [0.717, 1.165) is 18.0 Å². The third-order valence-electron chi connectivity index (χ3n) is 3.33. The highest BCUT2D eigenvalue weighted by atomic mass is 32.1. The van der Waals surface area contributed by atoms with E-state index in [4.69, 9.17) is 18.0 Å². The molecule has 0 bridgehead atoms. The number of hydrogen-bond acceptors (Lipinski definition) is 2. The third-order valence-corrected chi connectivity index (χ3v) is 3.57.